The Kier molecular flexibility index (Phi) is 6.26. The van der Waals surface area contributed by atoms with E-state index in [0.29, 0.717) is 18.0 Å². The van der Waals surface area contributed by atoms with Crippen LogP contribution in [0.1, 0.15) is 92.1 Å². The molecule has 5 aliphatic carbocycles. The number of allylic oxidation sites excluding steroid dienone is 7. The van der Waals surface area contributed by atoms with Gasteiger partial charge in [0.2, 0.25) is 5.78 Å². The lowest BCUT2D eigenvalue weighted by Crippen LogP contribution is -2.63. The van der Waals surface area contributed by atoms with Gasteiger partial charge in [0, 0.05) is 22.9 Å². The molecule has 3 saturated carbocycles. The van der Waals surface area contributed by atoms with Crippen LogP contribution in [-0.4, -0.2) is 22.2 Å². The van der Waals surface area contributed by atoms with Crippen molar-refractivity contribution < 1.29 is 15.0 Å². The SMILES string of the molecule is CC1=C(O)C(=O)C=C2C1=CC=C1[C@@]2(C)CC[C@@]2(C)[C@@H]3C[C@](C)(C(O)NCc4ccccc4)CC[C@]3(C)CC[C@]12C. The monoisotopic (exact) mass is 541 g/mol. The number of rotatable bonds is 4. The minimum atomic E-state index is -0.553. The second kappa shape index (κ2) is 9.03. The van der Waals surface area contributed by atoms with Crippen molar-refractivity contribution in [1.82, 2.24) is 5.32 Å². The van der Waals surface area contributed by atoms with Crippen molar-refractivity contribution in [2.75, 3.05) is 0 Å². The van der Waals surface area contributed by atoms with Crippen LogP contribution in [0, 0.1) is 33.0 Å². The van der Waals surface area contributed by atoms with Crippen LogP contribution in [0.15, 0.2) is 76.6 Å². The van der Waals surface area contributed by atoms with E-state index in [1.807, 2.05) is 13.0 Å². The summed E-state index contributed by atoms with van der Waals surface area (Å²) in [5.74, 6) is 0.118. The van der Waals surface area contributed by atoms with Gasteiger partial charge in [-0.05, 0) is 96.8 Å². The number of carbonyl (C=O) groups is 1. The second-order valence-corrected chi connectivity index (χ2v) is 15.0. The summed E-state index contributed by atoms with van der Waals surface area (Å²) in [7, 11) is 0. The average Bonchev–Trinajstić information content (AvgIpc) is 2.94. The summed E-state index contributed by atoms with van der Waals surface area (Å²) in [6, 6.07) is 10.4. The molecular formula is C36H47NO3. The number of hydrogen-bond acceptors (Lipinski definition) is 4. The first-order valence-corrected chi connectivity index (χ1v) is 15.3. The molecule has 0 saturated heterocycles. The van der Waals surface area contributed by atoms with Crippen molar-refractivity contribution in [2.24, 2.45) is 33.0 Å². The smallest absolute Gasteiger partial charge is 0.220 e. The summed E-state index contributed by atoms with van der Waals surface area (Å²) in [6.07, 6.45) is 13.3. The number of aliphatic hydroxyl groups is 2. The number of ketones is 1. The molecule has 0 bridgehead atoms. The molecule has 0 amide bonds. The van der Waals surface area contributed by atoms with Gasteiger partial charge in [0.25, 0.3) is 0 Å². The van der Waals surface area contributed by atoms with Gasteiger partial charge in [-0.25, -0.2) is 0 Å². The van der Waals surface area contributed by atoms with E-state index in [-0.39, 0.29) is 38.6 Å². The topological polar surface area (TPSA) is 69.6 Å². The van der Waals surface area contributed by atoms with Crippen LogP contribution in [0.25, 0.3) is 0 Å². The molecule has 0 aromatic heterocycles. The molecule has 1 aromatic carbocycles. The fraction of sp³-hybridized carbons (Fsp3) is 0.583. The van der Waals surface area contributed by atoms with E-state index in [9.17, 15) is 15.0 Å². The van der Waals surface area contributed by atoms with Gasteiger partial charge in [0.05, 0.1) is 0 Å². The molecule has 40 heavy (non-hydrogen) atoms. The number of aliphatic hydroxyl groups excluding tert-OH is 2. The predicted molar refractivity (Wildman–Crippen MR) is 160 cm³/mol. The number of hydrogen-bond donors (Lipinski definition) is 3. The van der Waals surface area contributed by atoms with Gasteiger partial charge < -0.3 is 10.2 Å². The molecule has 1 unspecified atom stereocenters. The van der Waals surface area contributed by atoms with E-state index in [2.05, 4.69) is 76.4 Å². The molecule has 0 heterocycles. The van der Waals surface area contributed by atoms with Gasteiger partial charge in [0.15, 0.2) is 5.76 Å². The van der Waals surface area contributed by atoms with E-state index < -0.39 is 6.23 Å². The first-order chi connectivity index (χ1) is 18.8. The van der Waals surface area contributed by atoms with Crippen LogP contribution in [0.4, 0.5) is 0 Å². The fourth-order valence-corrected chi connectivity index (χ4v) is 9.79. The lowest BCUT2D eigenvalue weighted by Gasteiger charge is -2.70. The van der Waals surface area contributed by atoms with Crippen LogP contribution >= 0.6 is 0 Å². The third kappa shape index (κ3) is 3.74. The molecule has 214 valence electrons. The molecule has 0 radical (unpaired) electrons. The van der Waals surface area contributed by atoms with Crippen LogP contribution in [-0.2, 0) is 11.3 Å². The highest BCUT2D eigenvalue weighted by atomic mass is 16.3. The van der Waals surface area contributed by atoms with Gasteiger partial charge >= 0.3 is 0 Å². The van der Waals surface area contributed by atoms with Crippen molar-refractivity contribution in [2.45, 2.75) is 99.3 Å². The van der Waals surface area contributed by atoms with E-state index in [1.54, 1.807) is 6.08 Å². The van der Waals surface area contributed by atoms with Crippen molar-refractivity contribution in [1.29, 1.82) is 0 Å². The van der Waals surface area contributed by atoms with Crippen molar-refractivity contribution in [3.63, 3.8) is 0 Å². The van der Waals surface area contributed by atoms with E-state index >= 15 is 0 Å². The molecular weight excluding hydrogens is 494 g/mol. The summed E-state index contributed by atoms with van der Waals surface area (Å²) < 4.78 is 0. The molecule has 1 aromatic rings. The largest absolute Gasteiger partial charge is 0.504 e. The maximum atomic E-state index is 12.8. The van der Waals surface area contributed by atoms with Gasteiger partial charge in [-0.1, -0.05) is 82.7 Å². The van der Waals surface area contributed by atoms with Crippen molar-refractivity contribution in [3.8, 4) is 0 Å². The highest BCUT2D eigenvalue weighted by molar-refractivity contribution is 6.06. The van der Waals surface area contributed by atoms with Gasteiger partial charge in [-0.3, -0.25) is 10.1 Å². The molecule has 3 fully saturated rings. The van der Waals surface area contributed by atoms with Crippen LogP contribution < -0.4 is 5.32 Å². The van der Waals surface area contributed by atoms with Crippen molar-refractivity contribution >= 4 is 5.78 Å². The molecule has 0 spiro atoms. The third-order valence-corrected chi connectivity index (χ3v) is 12.9. The zero-order valence-electron chi connectivity index (χ0n) is 25.2. The van der Waals surface area contributed by atoms with E-state index in [4.69, 9.17) is 0 Å². The Morgan fingerprint density at radius 1 is 0.950 bits per heavy atom. The molecule has 3 N–H and O–H groups in total. The van der Waals surface area contributed by atoms with E-state index in [0.717, 1.165) is 49.7 Å². The maximum Gasteiger partial charge on any atom is 0.220 e. The zero-order chi connectivity index (χ0) is 28.7. The van der Waals surface area contributed by atoms with Gasteiger partial charge in [0.1, 0.15) is 6.23 Å². The first-order valence-electron chi connectivity index (χ1n) is 15.3. The molecule has 4 heteroatoms. The van der Waals surface area contributed by atoms with Crippen LogP contribution in [0.3, 0.4) is 0 Å². The number of benzene rings is 1. The highest BCUT2D eigenvalue weighted by Gasteiger charge is 2.67. The summed E-state index contributed by atoms with van der Waals surface area (Å²) in [6.45, 7) is 14.7. The predicted octanol–water partition coefficient (Wildman–Crippen LogP) is 7.72. The standard InChI is InChI=1S/C36H47NO3/c1-23-25-12-13-28-34(4,26(25)20-27(38)30(23)39)17-19-36(6)29-21-33(3,15-14-32(29,2)16-18-35(28,36)5)31(40)37-22-24-10-8-7-9-11-24/h7-13,20,29,31,37,39-40H,14-19,21-22H2,1-6H3/t29-,31?,32-,33-,34+,35-,36+/m1/s1. The summed E-state index contributed by atoms with van der Waals surface area (Å²) in [5, 5.41) is 25.4. The molecule has 6 rings (SSSR count). The number of fused-ring (bicyclic) bond motifs is 7. The highest BCUT2D eigenvalue weighted by Crippen LogP contribution is 2.75. The third-order valence-electron chi connectivity index (χ3n) is 12.9. The Hall–Kier alpha value is -2.43. The Labute approximate surface area is 240 Å². The first kappa shape index (κ1) is 27.7. The second-order valence-electron chi connectivity index (χ2n) is 15.0. The van der Waals surface area contributed by atoms with Gasteiger partial charge in [-0.2, -0.15) is 0 Å². The Balaban J connectivity index is 1.34. The average molecular weight is 542 g/mol. The van der Waals surface area contributed by atoms with Crippen LogP contribution in [0.5, 0.6) is 0 Å². The number of carbonyl (C=O) groups excluding carboxylic acids is 1. The molecule has 0 aliphatic heterocycles. The normalized spacial score (nSPS) is 41.5. The quantitative estimate of drug-likeness (QED) is 0.341. The van der Waals surface area contributed by atoms with Crippen LogP contribution in [0.2, 0.25) is 0 Å². The zero-order valence-corrected chi connectivity index (χ0v) is 25.2. The van der Waals surface area contributed by atoms with Gasteiger partial charge in [-0.15, -0.1) is 0 Å². The minimum absolute atomic E-state index is 0.00608. The number of nitrogens with one attached hydrogen (secondary N) is 1. The van der Waals surface area contributed by atoms with Crippen molar-refractivity contribution in [3.05, 3.63) is 82.2 Å². The molecule has 7 atom stereocenters. The Morgan fingerprint density at radius 3 is 2.38 bits per heavy atom. The Morgan fingerprint density at radius 2 is 1.65 bits per heavy atom. The summed E-state index contributed by atoms with van der Waals surface area (Å²) >= 11 is 0. The molecule has 4 nitrogen and oxygen atoms in total. The van der Waals surface area contributed by atoms with E-state index in [1.165, 1.54) is 17.6 Å². The lowest BCUT2D eigenvalue weighted by atomic mass is 9.34. The fourth-order valence-electron chi connectivity index (χ4n) is 9.79. The maximum absolute atomic E-state index is 12.8. The summed E-state index contributed by atoms with van der Waals surface area (Å²) in [4.78, 5) is 12.8. The lowest BCUT2D eigenvalue weighted by molar-refractivity contribution is -0.178. The minimum Gasteiger partial charge on any atom is -0.504 e. The molecule has 5 aliphatic rings. The Bertz CT molecular complexity index is 1370. The summed E-state index contributed by atoms with van der Waals surface area (Å²) in [5.41, 5.74) is 5.42.